The molecule has 0 fully saturated rings. The lowest BCUT2D eigenvalue weighted by Gasteiger charge is -2.18. The molecule has 6 heteroatoms. The fourth-order valence-electron chi connectivity index (χ4n) is 2.05. The van der Waals surface area contributed by atoms with E-state index in [2.05, 4.69) is 10.6 Å². The number of nitriles is 1. The van der Waals surface area contributed by atoms with Crippen molar-refractivity contribution in [3.63, 3.8) is 0 Å². The van der Waals surface area contributed by atoms with Gasteiger partial charge < -0.3 is 15.4 Å². The summed E-state index contributed by atoms with van der Waals surface area (Å²) in [5.74, 6) is -0.0534. The molecule has 108 valence electrons. The third-order valence-electron chi connectivity index (χ3n) is 3.15. The number of benzene rings is 2. The van der Waals surface area contributed by atoms with Crippen LogP contribution in [0, 0.1) is 11.3 Å². The Kier molecular flexibility index (Phi) is 3.46. The Bertz CT molecular complexity index is 791. The van der Waals surface area contributed by atoms with Gasteiger partial charge in [0.2, 0.25) is 0 Å². The van der Waals surface area contributed by atoms with Crippen molar-refractivity contribution in [3.05, 3.63) is 53.6 Å². The van der Waals surface area contributed by atoms with Crippen LogP contribution in [0.2, 0.25) is 0 Å². The number of rotatable bonds is 2. The number of carbonyl (C=O) groups is 2. The van der Waals surface area contributed by atoms with Gasteiger partial charge >= 0.3 is 0 Å². The molecule has 1 aliphatic heterocycles. The Hall–Kier alpha value is -3.33. The second-order valence-corrected chi connectivity index (χ2v) is 4.69. The number of carbonyl (C=O) groups excluding carboxylic acids is 2. The number of hydrogen-bond acceptors (Lipinski definition) is 4. The highest BCUT2D eigenvalue weighted by atomic mass is 16.5. The molecular weight excluding hydrogens is 282 g/mol. The van der Waals surface area contributed by atoms with Gasteiger partial charge in [0.1, 0.15) is 5.75 Å². The van der Waals surface area contributed by atoms with E-state index in [-0.39, 0.29) is 18.4 Å². The topological polar surface area (TPSA) is 91.2 Å². The van der Waals surface area contributed by atoms with Gasteiger partial charge in [-0.25, -0.2) is 0 Å². The van der Waals surface area contributed by atoms with Gasteiger partial charge in [0, 0.05) is 11.3 Å². The summed E-state index contributed by atoms with van der Waals surface area (Å²) in [5.41, 5.74) is 2.08. The molecule has 0 unspecified atom stereocenters. The number of hydrogen-bond donors (Lipinski definition) is 2. The minimum atomic E-state index is -0.298. The summed E-state index contributed by atoms with van der Waals surface area (Å²) in [6, 6.07) is 13.4. The van der Waals surface area contributed by atoms with Gasteiger partial charge in [-0.3, -0.25) is 9.59 Å². The van der Waals surface area contributed by atoms with Crippen LogP contribution in [0.1, 0.15) is 15.9 Å². The monoisotopic (exact) mass is 293 g/mol. The van der Waals surface area contributed by atoms with Crippen molar-refractivity contribution in [2.24, 2.45) is 0 Å². The van der Waals surface area contributed by atoms with Crippen LogP contribution in [0.15, 0.2) is 42.5 Å². The molecule has 3 rings (SSSR count). The van der Waals surface area contributed by atoms with E-state index in [9.17, 15) is 9.59 Å². The zero-order valence-corrected chi connectivity index (χ0v) is 11.4. The molecule has 22 heavy (non-hydrogen) atoms. The van der Waals surface area contributed by atoms with Crippen LogP contribution in [0.25, 0.3) is 0 Å². The number of fused-ring (bicyclic) bond motifs is 1. The highest BCUT2D eigenvalue weighted by Crippen LogP contribution is 2.28. The maximum Gasteiger partial charge on any atom is 0.262 e. The van der Waals surface area contributed by atoms with Crippen LogP contribution >= 0.6 is 0 Å². The van der Waals surface area contributed by atoms with Crippen molar-refractivity contribution in [1.29, 1.82) is 5.26 Å². The quantitative estimate of drug-likeness (QED) is 0.887. The summed E-state index contributed by atoms with van der Waals surface area (Å²) in [4.78, 5) is 23.4. The van der Waals surface area contributed by atoms with Gasteiger partial charge in [0.25, 0.3) is 11.8 Å². The first kappa shape index (κ1) is 13.6. The standard InChI is InChI=1S/C16H11N3O3/c17-8-10-1-4-12(5-2-10)18-16(21)11-3-6-13-14(7-11)22-9-15(20)19-13/h1-7H,9H2,(H,18,21)(H,19,20). The van der Waals surface area contributed by atoms with Gasteiger partial charge in [-0.15, -0.1) is 0 Å². The number of nitrogens with zero attached hydrogens (tertiary/aromatic N) is 1. The normalized spacial score (nSPS) is 12.4. The Morgan fingerprint density at radius 1 is 1.23 bits per heavy atom. The second-order valence-electron chi connectivity index (χ2n) is 4.69. The van der Waals surface area contributed by atoms with Gasteiger partial charge in [0.05, 0.1) is 17.3 Å². The molecule has 1 aliphatic rings. The predicted molar refractivity (Wildman–Crippen MR) is 79.7 cm³/mol. The summed E-state index contributed by atoms with van der Waals surface area (Å²) in [5, 5.41) is 14.1. The lowest BCUT2D eigenvalue weighted by molar-refractivity contribution is -0.118. The molecule has 0 atom stereocenters. The lowest BCUT2D eigenvalue weighted by atomic mass is 10.1. The first-order chi connectivity index (χ1) is 10.7. The number of anilines is 2. The molecule has 2 amide bonds. The summed E-state index contributed by atoms with van der Waals surface area (Å²) in [6.07, 6.45) is 0. The van der Waals surface area contributed by atoms with E-state index >= 15 is 0 Å². The molecule has 0 spiro atoms. The van der Waals surface area contributed by atoms with Gasteiger partial charge in [0.15, 0.2) is 6.61 Å². The Balaban J connectivity index is 1.77. The van der Waals surface area contributed by atoms with E-state index in [1.807, 2.05) is 6.07 Å². The highest BCUT2D eigenvalue weighted by molar-refractivity contribution is 6.05. The number of nitrogens with one attached hydrogen (secondary N) is 2. The third-order valence-corrected chi connectivity index (χ3v) is 3.15. The van der Waals surface area contributed by atoms with Crippen molar-refractivity contribution in [2.45, 2.75) is 0 Å². The van der Waals surface area contributed by atoms with Crippen molar-refractivity contribution in [3.8, 4) is 11.8 Å². The minimum absolute atomic E-state index is 0.0618. The maximum absolute atomic E-state index is 12.2. The fraction of sp³-hybridized carbons (Fsp3) is 0.0625. The van der Waals surface area contributed by atoms with E-state index in [0.717, 1.165) is 0 Å². The zero-order valence-electron chi connectivity index (χ0n) is 11.4. The SMILES string of the molecule is N#Cc1ccc(NC(=O)c2ccc3c(c2)OCC(=O)N3)cc1. The molecule has 0 saturated carbocycles. The molecule has 6 nitrogen and oxygen atoms in total. The summed E-state index contributed by atoms with van der Waals surface area (Å²) in [7, 11) is 0. The molecule has 2 N–H and O–H groups in total. The molecule has 0 aromatic heterocycles. The Morgan fingerprint density at radius 2 is 2.00 bits per heavy atom. The summed E-state index contributed by atoms with van der Waals surface area (Å²) < 4.78 is 5.28. The lowest BCUT2D eigenvalue weighted by Crippen LogP contribution is -2.25. The molecule has 0 saturated heterocycles. The molecule has 2 aromatic rings. The molecule has 0 bridgehead atoms. The molecule has 1 heterocycles. The molecular formula is C16H11N3O3. The van der Waals surface area contributed by atoms with E-state index in [1.165, 1.54) is 0 Å². The molecule has 0 aliphatic carbocycles. The van der Waals surface area contributed by atoms with Gasteiger partial charge in [-0.2, -0.15) is 5.26 Å². The van der Waals surface area contributed by atoms with E-state index in [0.29, 0.717) is 28.3 Å². The van der Waals surface area contributed by atoms with Gasteiger partial charge in [-0.05, 0) is 42.5 Å². The van der Waals surface area contributed by atoms with E-state index in [4.69, 9.17) is 10.00 Å². The largest absolute Gasteiger partial charge is 0.482 e. The Labute approximate surface area is 126 Å². The van der Waals surface area contributed by atoms with Crippen molar-refractivity contribution in [1.82, 2.24) is 0 Å². The fourth-order valence-corrected chi connectivity index (χ4v) is 2.05. The highest BCUT2D eigenvalue weighted by Gasteiger charge is 2.17. The van der Waals surface area contributed by atoms with E-state index < -0.39 is 0 Å². The summed E-state index contributed by atoms with van der Waals surface area (Å²) in [6.45, 7) is -0.0618. The van der Waals surface area contributed by atoms with Crippen LogP contribution in [0.4, 0.5) is 11.4 Å². The van der Waals surface area contributed by atoms with Crippen molar-refractivity contribution in [2.75, 3.05) is 17.2 Å². The summed E-state index contributed by atoms with van der Waals surface area (Å²) >= 11 is 0. The zero-order chi connectivity index (χ0) is 15.5. The van der Waals surface area contributed by atoms with Crippen LogP contribution < -0.4 is 15.4 Å². The van der Waals surface area contributed by atoms with Crippen LogP contribution in [0.3, 0.4) is 0 Å². The first-order valence-corrected chi connectivity index (χ1v) is 6.54. The second kappa shape index (κ2) is 5.58. The van der Waals surface area contributed by atoms with Crippen LogP contribution in [-0.4, -0.2) is 18.4 Å². The number of amides is 2. The minimum Gasteiger partial charge on any atom is -0.482 e. The maximum atomic E-state index is 12.2. The number of ether oxygens (including phenoxy) is 1. The predicted octanol–water partition coefficient (Wildman–Crippen LogP) is 2.14. The van der Waals surface area contributed by atoms with Crippen molar-refractivity contribution < 1.29 is 14.3 Å². The molecule has 2 aromatic carbocycles. The molecule has 0 radical (unpaired) electrons. The Morgan fingerprint density at radius 3 is 2.73 bits per heavy atom. The first-order valence-electron chi connectivity index (χ1n) is 6.54. The van der Waals surface area contributed by atoms with Gasteiger partial charge in [-0.1, -0.05) is 0 Å². The average Bonchev–Trinajstić information content (AvgIpc) is 2.55. The average molecular weight is 293 g/mol. The van der Waals surface area contributed by atoms with Crippen molar-refractivity contribution >= 4 is 23.2 Å². The van der Waals surface area contributed by atoms with Crippen LogP contribution in [-0.2, 0) is 4.79 Å². The smallest absolute Gasteiger partial charge is 0.262 e. The van der Waals surface area contributed by atoms with E-state index in [1.54, 1.807) is 42.5 Å². The van der Waals surface area contributed by atoms with Crippen LogP contribution in [0.5, 0.6) is 5.75 Å². The third kappa shape index (κ3) is 2.74.